The van der Waals surface area contributed by atoms with E-state index in [-0.39, 0.29) is 36.0 Å². The molecule has 1 aliphatic heterocycles. The number of rotatable bonds is 5. The molecular formula is C23H18F6N2O4. The molecule has 0 saturated heterocycles. The standard InChI is InChI=1S/C23H18F6N2O4/c1-12-7-15-9-16(21(34,22(24,25)26)23(27,28)29)5-6-18(15)31(12)10-17-11-35-19(30-17)13-3-2-4-14(8-13)20(32)33/h2-6,8-9,11-12,34H,7,10H2,1H3,(H,32,33). The van der Waals surface area contributed by atoms with Crippen molar-refractivity contribution in [3.8, 4) is 11.5 Å². The minimum atomic E-state index is -5.96. The number of alkyl halides is 6. The van der Waals surface area contributed by atoms with Gasteiger partial charge in [-0.2, -0.15) is 26.3 Å². The molecule has 1 aliphatic rings. The van der Waals surface area contributed by atoms with Crippen LogP contribution in [0.5, 0.6) is 0 Å². The van der Waals surface area contributed by atoms with Gasteiger partial charge in [-0.3, -0.25) is 0 Å². The van der Waals surface area contributed by atoms with Gasteiger partial charge >= 0.3 is 18.3 Å². The predicted octanol–water partition coefficient (Wildman–Crippen LogP) is 5.30. The molecule has 35 heavy (non-hydrogen) atoms. The van der Waals surface area contributed by atoms with E-state index in [0.29, 0.717) is 23.0 Å². The van der Waals surface area contributed by atoms with Crippen LogP contribution in [-0.4, -0.2) is 39.6 Å². The predicted molar refractivity (Wildman–Crippen MR) is 111 cm³/mol. The minimum absolute atomic E-state index is 0.0396. The van der Waals surface area contributed by atoms with Gasteiger partial charge in [-0.25, -0.2) is 9.78 Å². The van der Waals surface area contributed by atoms with E-state index in [2.05, 4.69) is 4.98 Å². The van der Waals surface area contributed by atoms with Gasteiger partial charge in [0.05, 0.1) is 17.8 Å². The Balaban J connectivity index is 1.62. The summed E-state index contributed by atoms with van der Waals surface area (Å²) in [5, 5.41) is 18.8. The zero-order valence-corrected chi connectivity index (χ0v) is 18.0. The molecule has 4 rings (SSSR count). The molecule has 186 valence electrons. The molecule has 0 radical (unpaired) electrons. The topological polar surface area (TPSA) is 86.8 Å². The second-order valence-electron chi connectivity index (χ2n) is 8.26. The summed E-state index contributed by atoms with van der Waals surface area (Å²) in [6.45, 7) is 1.88. The first kappa shape index (κ1) is 24.6. The van der Waals surface area contributed by atoms with E-state index in [0.717, 1.165) is 12.1 Å². The van der Waals surface area contributed by atoms with E-state index >= 15 is 0 Å². The van der Waals surface area contributed by atoms with Gasteiger partial charge in [-0.05, 0) is 43.2 Å². The molecule has 1 atom stereocenters. The number of aromatic nitrogens is 1. The number of nitrogens with zero attached hydrogens (tertiary/aromatic N) is 2. The van der Waals surface area contributed by atoms with Crippen molar-refractivity contribution in [3.63, 3.8) is 0 Å². The third kappa shape index (κ3) is 4.22. The van der Waals surface area contributed by atoms with Crippen molar-refractivity contribution in [1.29, 1.82) is 0 Å². The smallest absolute Gasteiger partial charge is 0.430 e. The number of halogens is 6. The fourth-order valence-electron chi connectivity index (χ4n) is 4.12. The van der Waals surface area contributed by atoms with E-state index in [1.54, 1.807) is 17.9 Å². The number of fused-ring (bicyclic) bond motifs is 1. The third-order valence-electron chi connectivity index (χ3n) is 5.92. The van der Waals surface area contributed by atoms with Gasteiger partial charge in [0, 0.05) is 22.9 Å². The summed E-state index contributed by atoms with van der Waals surface area (Å²) in [5.41, 5.74) is -4.77. The molecule has 2 N–H and O–H groups in total. The highest BCUT2D eigenvalue weighted by molar-refractivity contribution is 5.88. The van der Waals surface area contributed by atoms with Gasteiger partial charge < -0.3 is 19.5 Å². The maximum atomic E-state index is 13.3. The largest absolute Gasteiger partial charge is 0.478 e. The van der Waals surface area contributed by atoms with Crippen LogP contribution in [0.2, 0.25) is 0 Å². The third-order valence-corrected chi connectivity index (χ3v) is 5.92. The van der Waals surface area contributed by atoms with Crippen molar-refractivity contribution < 1.29 is 45.8 Å². The van der Waals surface area contributed by atoms with E-state index < -0.39 is 29.5 Å². The van der Waals surface area contributed by atoms with Gasteiger partial charge in [-0.1, -0.05) is 18.2 Å². The highest BCUT2D eigenvalue weighted by atomic mass is 19.4. The second kappa shape index (κ2) is 8.29. The SMILES string of the molecule is CC1Cc2cc(C(O)(C(F)(F)F)C(F)(F)F)ccc2N1Cc1coc(-c2cccc(C(=O)O)c2)n1. The Bertz CT molecular complexity index is 1250. The fourth-order valence-corrected chi connectivity index (χ4v) is 4.12. The maximum Gasteiger partial charge on any atom is 0.430 e. The number of carboxylic acid groups (broad SMARTS) is 1. The first-order chi connectivity index (χ1) is 16.2. The van der Waals surface area contributed by atoms with Crippen molar-refractivity contribution in [2.24, 2.45) is 0 Å². The lowest BCUT2D eigenvalue weighted by molar-refractivity contribution is -0.376. The van der Waals surface area contributed by atoms with E-state index in [4.69, 9.17) is 9.52 Å². The van der Waals surface area contributed by atoms with Gasteiger partial charge in [-0.15, -0.1) is 0 Å². The molecule has 1 aromatic heterocycles. The number of benzene rings is 2. The number of anilines is 1. The number of carbonyl (C=O) groups is 1. The average molecular weight is 500 g/mol. The molecule has 6 nitrogen and oxygen atoms in total. The summed E-state index contributed by atoms with van der Waals surface area (Å²) >= 11 is 0. The molecule has 0 amide bonds. The van der Waals surface area contributed by atoms with Crippen molar-refractivity contribution in [2.75, 3.05) is 4.90 Å². The molecule has 0 spiro atoms. The Labute approximate surface area is 194 Å². The zero-order valence-electron chi connectivity index (χ0n) is 18.0. The Kier molecular flexibility index (Phi) is 5.82. The van der Waals surface area contributed by atoms with Crippen molar-refractivity contribution in [3.05, 3.63) is 71.1 Å². The molecular weight excluding hydrogens is 482 g/mol. The number of aliphatic hydroxyl groups is 1. The fraction of sp³-hybridized carbons (Fsp3) is 0.304. The first-order valence-electron chi connectivity index (χ1n) is 10.3. The lowest BCUT2D eigenvalue weighted by Crippen LogP contribution is -2.53. The molecule has 2 heterocycles. The lowest BCUT2D eigenvalue weighted by atomic mass is 9.90. The molecule has 0 fully saturated rings. The van der Waals surface area contributed by atoms with Crippen molar-refractivity contribution in [1.82, 2.24) is 4.98 Å². The van der Waals surface area contributed by atoms with E-state index in [1.807, 2.05) is 0 Å². The van der Waals surface area contributed by atoms with Gasteiger partial charge in [0.25, 0.3) is 5.60 Å². The molecule has 0 bridgehead atoms. The van der Waals surface area contributed by atoms with E-state index in [9.17, 15) is 36.2 Å². The summed E-state index contributed by atoms with van der Waals surface area (Å²) in [6, 6.07) is 8.12. The minimum Gasteiger partial charge on any atom is -0.478 e. The number of oxazole rings is 1. The summed E-state index contributed by atoms with van der Waals surface area (Å²) in [4.78, 5) is 17.2. The number of carboxylic acids is 1. The van der Waals surface area contributed by atoms with Crippen LogP contribution in [0.25, 0.3) is 11.5 Å². The Morgan fingerprint density at radius 3 is 2.43 bits per heavy atom. The zero-order chi connectivity index (χ0) is 25.8. The molecule has 0 aliphatic carbocycles. The molecule has 1 unspecified atom stereocenters. The van der Waals surface area contributed by atoms with Crippen LogP contribution >= 0.6 is 0 Å². The lowest BCUT2D eigenvalue weighted by Gasteiger charge is -2.33. The van der Waals surface area contributed by atoms with Crippen LogP contribution in [0, 0.1) is 0 Å². The Hall–Kier alpha value is -3.54. The normalized spacial score (nSPS) is 16.5. The quantitative estimate of drug-likeness (QED) is 0.463. The van der Waals surface area contributed by atoms with Crippen molar-refractivity contribution >= 4 is 11.7 Å². The summed E-state index contributed by atoms with van der Waals surface area (Å²) in [6.07, 6.45) is -10.4. The monoisotopic (exact) mass is 500 g/mol. The average Bonchev–Trinajstić information content (AvgIpc) is 3.36. The van der Waals surface area contributed by atoms with Crippen LogP contribution in [0.1, 0.15) is 34.1 Å². The van der Waals surface area contributed by atoms with Crippen LogP contribution in [-0.2, 0) is 18.6 Å². The van der Waals surface area contributed by atoms with E-state index in [1.165, 1.54) is 24.5 Å². The first-order valence-corrected chi connectivity index (χ1v) is 10.3. The molecule has 2 aromatic carbocycles. The summed E-state index contributed by atoms with van der Waals surface area (Å²) in [7, 11) is 0. The van der Waals surface area contributed by atoms with Crippen LogP contribution < -0.4 is 4.90 Å². The summed E-state index contributed by atoms with van der Waals surface area (Å²) < 4.78 is 85.0. The van der Waals surface area contributed by atoms with Crippen LogP contribution in [0.4, 0.5) is 32.0 Å². The van der Waals surface area contributed by atoms with Crippen LogP contribution in [0.3, 0.4) is 0 Å². The number of hydrogen-bond donors (Lipinski definition) is 2. The van der Waals surface area contributed by atoms with Gasteiger partial charge in [0.15, 0.2) is 0 Å². The Morgan fingerprint density at radius 2 is 1.80 bits per heavy atom. The van der Waals surface area contributed by atoms with Crippen LogP contribution in [0.15, 0.2) is 53.1 Å². The Morgan fingerprint density at radius 1 is 1.11 bits per heavy atom. The molecule has 3 aromatic rings. The van der Waals surface area contributed by atoms with Crippen molar-refractivity contribution in [2.45, 2.75) is 43.9 Å². The summed E-state index contributed by atoms with van der Waals surface area (Å²) in [5.74, 6) is -0.964. The maximum absolute atomic E-state index is 13.3. The van der Waals surface area contributed by atoms with Gasteiger partial charge in [0.1, 0.15) is 6.26 Å². The second-order valence-corrected chi connectivity index (χ2v) is 8.26. The number of aromatic carboxylic acids is 1. The molecule has 0 saturated carbocycles. The highest BCUT2D eigenvalue weighted by Gasteiger charge is 2.71. The van der Waals surface area contributed by atoms with Gasteiger partial charge in [0.2, 0.25) is 5.89 Å². The highest BCUT2D eigenvalue weighted by Crippen LogP contribution is 2.51. The molecule has 12 heteroatoms. The number of hydrogen-bond acceptors (Lipinski definition) is 5.